The zero-order valence-corrected chi connectivity index (χ0v) is 15.4. The highest BCUT2D eigenvalue weighted by Gasteiger charge is 2.18. The van der Waals surface area contributed by atoms with Gasteiger partial charge >= 0.3 is 0 Å². The zero-order chi connectivity index (χ0) is 18.5. The number of thioether (sulfide) groups is 1. The SMILES string of the molecule is CSc1ccccc1NC(=O)CN(C)C(=O)c1ccnc2ccccc12. The van der Waals surface area contributed by atoms with Crippen LogP contribution in [0.4, 0.5) is 5.69 Å². The molecule has 26 heavy (non-hydrogen) atoms. The summed E-state index contributed by atoms with van der Waals surface area (Å²) in [4.78, 5) is 31.8. The van der Waals surface area contributed by atoms with Crippen LogP contribution in [0.2, 0.25) is 0 Å². The molecule has 0 aliphatic rings. The van der Waals surface area contributed by atoms with Gasteiger partial charge in [-0.3, -0.25) is 14.6 Å². The van der Waals surface area contributed by atoms with Gasteiger partial charge in [0.25, 0.3) is 5.91 Å². The number of hydrogen-bond donors (Lipinski definition) is 1. The summed E-state index contributed by atoms with van der Waals surface area (Å²) in [6.45, 7) is -0.0296. The smallest absolute Gasteiger partial charge is 0.254 e. The first-order chi connectivity index (χ1) is 12.6. The van der Waals surface area contributed by atoms with E-state index in [4.69, 9.17) is 0 Å². The summed E-state index contributed by atoms with van der Waals surface area (Å²) in [5, 5.41) is 3.65. The highest BCUT2D eigenvalue weighted by atomic mass is 32.2. The van der Waals surface area contributed by atoms with Gasteiger partial charge < -0.3 is 10.2 Å². The third-order valence-corrected chi connectivity index (χ3v) is 4.78. The van der Waals surface area contributed by atoms with Crippen LogP contribution < -0.4 is 5.32 Å². The molecule has 0 aliphatic carbocycles. The lowest BCUT2D eigenvalue weighted by Crippen LogP contribution is -2.35. The minimum absolute atomic E-state index is 0.0296. The Morgan fingerprint density at radius 3 is 2.62 bits per heavy atom. The number of amides is 2. The summed E-state index contributed by atoms with van der Waals surface area (Å²) in [6.07, 6.45) is 3.56. The van der Waals surface area contributed by atoms with Crippen LogP contribution in [0.15, 0.2) is 65.7 Å². The Labute approximate surface area is 156 Å². The van der Waals surface area contributed by atoms with E-state index in [-0.39, 0.29) is 18.4 Å². The standard InChI is InChI=1S/C20H19N3O2S/c1-23(13-19(24)22-17-9-5-6-10-18(17)26-2)20(25)15-11-12-21-16-8-4-3-7-14(15)16/h3-12H,13H2,1-2H3,(H,22,24). The molecular formula is C20H19N3O2S. The molecule has 3 rings (SSSR count). The van der Waals surface area contributed by atoms with E-state index >= 15 is 0 Å². The molecule has 0 bridgehead atoms. The van der Waals surface area contributed by atoms with Gasteiger partial charge in [0.1, 0.15) is 0 Å². The van der Waals surface area contributed by atoms with Gasteiger partial charge in [0, 0.05) is 23.5 Å². The van der Waals surface area contributed by atoms with Crippen molar-refractivity contribution in [3.8, 4) is 0 Å². The molecule has 0 spiro atoms. The lowest BCUT2D eigenvalue weighted by molar-refractivity contribution is -0.116. The van der Waals surface area contributed by atoms with Crippen molar-refractivity contribution in [1.82, 2.24) is 9.88 Å². The van der Waals surface area contributed by atoms with Gasteiger partial charge in [-0.05, 0) is 30.5 Å². The molecule has 0 saturated heterocycles. The molecule has 132 valence electrons. The largest absolute Gasteiger partial charge is 0.332 e. The molecule has 1 N–H and O–H groups in total. The molecule has 0 saturated carbocycles. The molecule has 3 aromatic rings. The van der Waals surface area contributed by atoms with Crippen LogP contribution in [0, 0.1) is 0 Å². The van der Waals surface area contributed by atoms with E-state index in [0.29, 0.717) is 5.56 Å². The van der Waals surface area contributed by atoms with Crippen LogP contribution in [0.1, 0.15) is 10.4 Å². The number of nitrogens with zero attached hydrogens (tertiary/aromatic N) is 2. The quantitative estimate of drug-likeness (QED) is 0.701. The minimum Gasteiger partial charge on any atom is -0.332 e. The average Bonchev–Trinajstić information content (AvgIpc) is 2.67. The second kappa shape index (κ2) is 8.01. The molecule has 5 nitrogen and oxygen atoms in total. The second-order valence-electron chi connectivity index (χ2n) is 5.79. The fourth-order valence-corrected chi connectivity index (χ4v) is 3.27. The molecule has 6 heteroatoms. The van der Waals surface area contributed by atoms with Gasteiger partial charge in [-0.25, -0.2) is 0 Å². The van der Waals surface area contributed by atoms with Crippen LogP contribution >= 0.6 is 11.8 Å². The van der Waals surface area contributed by atoms with E-state index < -0.39 is 0 Å². The van der Waals surface area contributed by atoms with Crippen molar-refractivity contribution < 1.29 is 9.59 Å². The van der Waals surface area contributed by atoms with Crippen LogP contribution in [0.5, 0.6) is 0 Å². The fraction of sp³-hybridized carbons (Fsp3) is 0.150. The molecule has 0 unspecified atom stereocenters. The van der Waals surface area contributed by atoms with Crippen LogP contribution in [0.3, 0.4) is 0 Å². The number of benzene rings is 2. The molecule has 0 fully saturated rings. The molecule has 2 amide bonds. The van der Waals surface area contributed by atoms with Crippen LogP contribution in [-0.2, 0) is 4.79 Å². The first kappa shape index (κ1) is 17.9. The number of carbonyl (C=O) groups excluding carboxylic acids is 2. The summed E-state index contributed by atoms with van der Waals surface area (Å²) in [7, 11) is 1.62. The minimum atomic E-state index is -0.235. The van der Waals surface area contributed by atoms with Gasteiger partial charge in [-0.1, -0.05) is 30.3 Å². The number of rotatable bonds is 5. The number of pyridine rings is 1. The van der Waals surface area contributed by atoms with Gasteiger partial charge in [0.05, 0.1) is 23.3 Å². The summed E-state index contributed by atoms with van der Waals surface area (Å²) in [5.74, 6) is -0.447. The normalized spacial score (nSPS) is 10.5. The van der Waals surface area contributed by atoms with Crippen molar-refractivity contribution in [2.45, 2.75) is 4.90 Å². The number of hydrogen-bond acceptors (Lipinski definition) is 4. The van der Waals surface area contributed by atoms with Crippen molar-refractivity contribution in [1.29, 1.82) is 0 Å². The molecule has 1 aromatic heterocycles. The third-order valence-electron chi connectivity index (χ3n) is 3.99. The first-order valence-corrected chi connectivity index (χ1v) is 9.34. The Morgan fingerprint density at radius 2 is 1.81 bits per heavy atom. The van der Waals surface area contributed by atoms with Crippen molar-refractivity contribution in [2.75, 3.05) is 25.2 Å². The third kappa shape index (κ3) is 3.86. The molecule has 1 heterocycles. The van der Waals surface area contributed by atoms with Gasteiger partial charge in [-0.15, -0.1) is 11.8 Å². The maximum Gasteiger partial charge on any atom is 0.254 e. The Morgan fingerprint density at radius 1 is 1.08 bits per heavy atom. The molecule has 0 radical (unpaired) electrons. The molecule has 2 aromatic carbocycles. The fourth-order valence-electron chi connectivity index (χ4n) is 2.71. The van der Waals surface area contributed by atoms with Crippen molar-refractivity contribution in [3.63, 3.8) is 0 Å². The predicted octanol–water partition coefficient (Wildman–Crippen LogP) is 3.67. The van der Waals surface area contributed by atoms with Crippen molar-refractivity contribution in [2.24, 2.45) is 0 Å². The average molecular weight is 365 g/mol. The lowest BCUT2D eigenvalue weighted by atomic mass is 10.1. The first-order valence-electron chi connectivity index (χ1n) is 8.12. The maximum absolute atomic E-state index is 12.8. The Bertz CT molecular complexity index is 953. The Kier molecular flexibility index (Phi) is 5.53. The van der Waals surface area contributed by atoms with E-state index in [0.717, 1.165) is 21.5 Å². The van der Waals surface area contributed by atoms with Gasteiger partial charge in [0.15, 0.2) is 0 Å². The Hall–Kier alpha value is -2.86. The summed E-state index contributed by atoms with van der Waals surface area (Å²) in [6, 6.07) is 16.7. The number of likely N-dealkylation sites (N-methyl/N-ethyl adjacent to an activating group) is 1. The summed E-state index contributed by atoms with van der Waals surface area (Å²) < 4.78 is 0. The number of aromatic nitrogens is 1. The van der Waals surface area contributed by atoms with Crippen LogP contribution in [0.25, 0.3) is 10.9 Å². The van der Waals surface area contributed by atoms with E-state index in [2.05, 4.69) is 10.3 Å². The summed E-state index contributed by atoms with van der Waals surface area (Å²) in [5.41, 5.74) is 2.04. The highest BCUT2D eigenvalue weighted by molar-refractivity contribution is 7.98. The second-order valence-corrected chi connectivity index (χ2v) is 6.63. The van der Waals surface area contributed by atoms with Crippen molar-refractivity contribution in [3.05, 3.63) is 66.4 Å². The number of para-hydroxylation sites is 2. The van der Waals surface area contributed by atoms with E-state index in [1.165, 1.54) is 4.90 Å². The lowest BCUT2D eigenvalue weighted by Gasteiger charge is -2.18. The van der Waals surface area contributed by atoms with Gasteiger partial charge in [0.2, 0.25) is 5.91 Å². The monoisotopic (exact) mass is 365 g/mol. The zero-order valence-electron chi connectivity index (χ0n) is 14.6. The van der Waals surface area contributed by atoms with Gasteiger partial charge in [-0.2, -0.15) is 0 Å². The topological polar surface area (TPSA) is 62.3 Å². The van der Waals surface area contributed by atoms with Crippen molar-refractivity contribution >= 4 is 40.2 Å². The number of carbonyl (C=O) groups is 2. The highest BCUT2D eigenvalue weighted by Crippen LogP contribution is 2.24. The summed E-state index contributed by atoms with van der Waals surface area (Å²) >= 11 is 1.56. The number of fused-ring (bicyclic) bond motifs is 1. The molecular weight excluding hydrogens is 346 g/mol. The number of nitrogens with one attached hydrogen (secondary N) is 1. The van der Waals surface area contributed by atoms with Crippen LogP contribution in [-0.4, -0.2) is 41.5 Å². The molecule has 0 aliphatic heterocycles. The maximum atomic E-state index is 12.8. The Balaban J connectivity index is 1.73. The van der Waals surface area contributed by atoms with E-state index in [9.17, 15) is 9.59 Å². The predicted molar refractivity (Wildman–Crippen MR) is 106 cm³/mol. The van der Waals surface area contributed by atoms with E-state index in [1.54, 1.807) is 31.1 Å². The number of anilines is 1. The van der Waals surface area contributed by atoms with E-state index in [1.807, 2.05) is 54.8 Å². The molecule has 0 atom stereocenters.